The number of hydrogen-bond donors (Lipinski definition) is 4. The van der Waals surface area contributed by atoms with Gasteiger partial charge in [-0.25, -0.2) is 0 Å². The molecular formula is C7H17N5. The minimum absolute atomic E-state index is 0.369. The lowest BCUT2D eigenvalue weighted by Crippen LogP contribution is -2.65. The summed E-state index contributed by atoms with van der Waals surface area (Å²) in [6.45, 7) is 6.28. The smallest absolute Gasteiger partial charge is 0.116 e. The maximum absolute atomic E-state index is 3.36. The van der Waals surface area contributed by atoms with Crippen molar-refractivity contribution in [1.82, 2.24) is 26.2 Å². The van der Waals surface area contributed by atoms with E-state index in [0.29, 0.717) is 6.29 Å². The van der Waals surface area contributed by atoms with Gasteiger partial charge < -0.3 is 5.32 Å². The van der Waals surface area contributed by atoms with Crippen LogP contribution in [0.3, 0.4) is 0 Å². The van der Waals surface area contributed by atoms with Gasteiger partial charge in [-0.15, -0.1) is 0 Å². The molecule has 70 valence electrons. The van der Waals surface area contributed by atoms with Crippen molar-refractivity contribution in [3.05, 3.63) is 0 Å². The lowest BCUT2D eigenvalue weighted by Gasteiger charge is -2.38. The molecule has 12 heavy (non-hydrogen) atoms. The molecule has 0 amide bonds. The van der Waals surface area contributed by atoms with Crippen LogP contribution in [-0.4, -0.2) is 50.7 Å². The van der Waals surface area contributed by atoms with Gasteiger partial charge in [0.2, 0.25) is 0 Å². The van der Waals surface area contributed by atoms with E-state index >= 15 is 0 Å². The molecule has 0 aromatic heterocycles. The van der Waals surface area contributed by atoms with Gasteiger partial charge in [0.1, 0.15) is 6.29 Å². The Kier molecular flexibility index (Phi) is 2.91. The molecule has 0 aromatic carbocycles. The average Bonchev–Trinajstić information content (AvgIpc) is 2.21. The third kappa shape index (κ3) is 1.94. The van der Waals surface area contributed by atoms with Crippen LogP contribution in [0.25, 0.3) is 0 Å². The summed E-state index contributed by atoms with van der Waals surface area (Å²) in [6, 6.07) is 0. The summed E-state index contributed by atoms with van der Waals surface area (Å²) in [5.74, 6) is 0. The molecule has 0 bridgehead atoms. The molecule has 2 saturated heterocycles. The quantitative estimate of drug-likeness (QED) is 0.363. The average molecular weight is 171 g/mol. The SMILES string of the molecule is C1CN(C2NCNCN2)CCN1. The van der Waals surface area contributed by atoms with Crippen LogP contribution in [0.4, 0.5) is 0 Å². The van der Waals surface area contributed by atoms with Crippen LogP contribution in [0.2, 0.25) is 0 Å². The molecule has 2 aliphatic heterocycles. The summed E-state index contributed by atoms with van der Waals surface area (Å²) in [5, 5.41) is 13.3. The fraction of sp³-hybridized carbons (Fsp3) is 1.00. The van der Waals surface area contributed by atoms with Gasteiger partial charge in [-0.3, -0.25) is 20.9 Å². The van der Waals surface area contributed by atoms with Crippen molar-refractivity contribution in [1.29, 1.82) is 0 Å². The van der Waals surface area contributed by atoms with Crippen LogP contribution in [0.5, 0.6) is 0 Å². The van der Waals surface area contributed by atoms with Crippen molar-refractivity contribution in [2.24, 2.45) is 0 Å². The first-order valence-electron chi connectivity index (χ1n) is 4.59. The Bertz CT molecular complexity index is 112. The van der Waals surface area contributed by atoms with E-state index in [9.17, 15) is 0 Å². The first-order valence-corrected chi connectivity index (χ1v) is 4.59. The summed E-state index contributed by atoms with van der Waals surface area (Å²) in [4.78, 5) is 2.43. The molecule has 2 rings (SSSR count). The van der Waals surface area contributed by atoms with E-state index in [1.54, 1.807) is 0 Å². The van der Waals surface area contributed by atoms with Crippen molar-refractivity contribution >= 4 is 0 Å². The summed E-state index contributed by atoms with van der Waals surface area (Å²) in [5.41, 5.74) is 0. The van der Waals surface area contributed by atoms with E-state index < -0.39 is 0 Å². The van der Waals surface area contributed by atoms with Crippen LogP contribution in [-0.2, 0) is 0 Å². The molecule has 2 aliphatic rings. The zero-order valence-electron chi connectivity index (χ0n) is 7.27. The highest BCUT2D eigenvalue weighted by molar-refractivity contribution is 4.75. The zero-order valence-corrected chi connectivity index (χ0v) is 7.27. The molecule has 0 radical (unpaired) electrons. The number of nitrogens with one attached hydrogen (secondary N) is 4. The predicted molar refractivity (Wildman–Crippen MR) is 47.4 cm³/mol. The molecule has 2 fully saturated rings. The summed E-state index contributed by atoms with van der Waals surface area (Å²) >= 11 is 0. The Morgan fingerprint density at radius 2 is 1.58 bits per heavy atom. The van der Waals surface area contributed by atoms with Crippen molar-refractivity contribution in [2.75, 3.05) is 39.5 Å². The molecular weight excluding hydrogens is 154 g/mol. The molecule has 0 aliphatic carbocycles. The molecule has 0 saturated carbocycles. The molecule has 0 unspecified atom stereocenters. The van der Waals surface area contributed by atoms with E-state index in [4.69, 9.17) is 0 Å². The van der Waals surface area contributed by atoms with Gasteiger partial charge in [0.05, 0.1) is 0 Å². The molecule has 5 nitrogen and oxygen atoms in total. The van der Waals surface area contributed by atoms with Gasteiger partial charge in [0.25, 0.3) is 0 Å². The van der Waals surface area contributed by atoms with Gasteiger partial charge in [0, 0.05) is 39.5 Å². The Morgan fingerprint density at radius 3 is 2.25 bits per heavy atom. The number of nitrogens with zero attached hydrogens (tertiary/aromatic N) is 1. The maximum Gasteiger partial charge on any atom is 0.116 e. The van der Waals surface area contributed by atoms with Gasteiger partial charge in [0.15, 0.2) is 0 Å². The van der Waals surface area contributed by atoms with Crippen LogP contribution in [0.15, 0.2) is 0 Å². The third-order valence-electron chi connectivity index (χ3n) is 2.36. The van der Waals surface area contributed by atoms with Gasteiger partial charge in [-0.05, 0) is 0 Å². The maximum atomic E-state index is 3.36. The first-order chi connectivity index (χ1) is 5.97. The Labute approximate surface area is 72.9 Å². The highest BCUT2D eigenvalue weighted by Gasteiger charge is 2.20. The highest BCUT2D eigenvalue weighted by atomic mass is 15.5. The number of rotatable bonds is 1. The van der Waals surface area contributed by atoms with Crippen LogP contribution in [0.1, 0.15) is 0 Å². The van der Waals surface area contributed by atoms with Crippen molar-refractivity contribution in [3.63, 3.8) is 0 Å². The van der Waals surface area contributed by atoms with Crippen molar-refractivity contribution in [3.8, 4) is 0 Å². The Hall–Kier alpha value is -0.200. The first kappa shape index (κ1) is 8.40. The second-order valence-corrected chi connectivity index (χ2v) is 3.20. The molecule has 4 N–H and O–H groups in total. The van der Waals surface area contributed by atoms with Gasteiger partial charge in [-0.1, -0.05) is 0 Å². The Morgan fingerprint density at radius 1 is 0.917 bits per heavy atom. The van der Waals surface area contributed by atoms with Gasteiger partial charge in [-0.2, -0.15) is 0 Å². The molecule has 0 aromatic rings. The monoisotopic (exact) mass is 171 g/mol. The van der Waals surface area contributed by atoms with Crippen LogP contribution in [0, 0.1) is 0 Å². The molecule has 0 atom stereocenters. The van der Waals surface area contributed by atoms with Crippen LogP contribution < -0.4 is 21.3 Å². The van der Waals surface area contributed by atoms with E-state index in [1.807, 2.05) is 0 Å². The molecule has 2 heterocycles. The largest absolute Gasteiger partial charge is 0.314 e. The topological polar surface area (TPSA) is 51.4 Å². The number of hydrogen-bond acceptors (Lipinski definition) is 5. The van der Waals surface area contributed by atoms with Crippen molar-refractivity contribution < 1.29 is 0 Å². The van der Waals surface area contributed by atoms with E-state index in [1.165, 1.54) is 0 Å². The summed E-state index contributed by atoms with van der Waals surface area (Å²) < 4.78 is 0. The lowest BCUT2D eigenvalue weighted by atomic mass is 10.3. The second-order valence-electron chi connectivity index (χ2n) is 3.20. The zero-order chi connectivity index (χ0) is 8.23. The number of piperazine rings is 1. The van der Waals surface area contributed by atoms with E-state index in [-0.39, 0.29) is 0 Å². The minimum atomic E-state index is 0.369. The summed E-state index contributed by atoms with van der Waals surface area (Å²) in [6.07, 6.45) is 0.369. The fourth-order valence-electron chi connectivity index (χ4n) is 1.67. The van der Waals surface area contributed by atoms with Gasteiger partial charge >= 0.3 is 0 Å². The molecule has 0 spiro atoms. The molecule has 5 heteroatoms. The predicted octanol–water partition coefficient (Wildman–Crippen LogP) is -2.13. The lowest BCUT2D eigenvalue weighted by molar-refractivity contribution is 0.0972. The fourth-order valence-corrected chi connectivity index (χ4v) is 1.67. The second kappa shape index (κ2) is 4.15. The Balaban J connectivity index is 1.80. The highest BCUT2D eigenvalue weighted by Crippen LogP contribution is 1.96. The third-order valence-corrected chi connectivity index (χ3v) is 2.36. The normalized spacial score (nSPS) is 29.0. The minimum Gasteiger partial charge on any atom is -0.314 e. The summed E-state index contributed by atoms with van der Waals surface area (Å²) in [7, 11) is 0. The van der Waals surface area contributed by atoms with E-state index in [2.05, 4.69) is 26.2 Å². The van der Waals surface area contributed by atoms with E-state index in [0.717, 1.165) is 39.5 Å². The van der Waals surface area contributed by atoms with Crippen LogP contribution >= 0.6 is 0 Å². The van der Waals surface area contributed by atoms with Crippen molar-refractivity contribution in [2.45, 2.75) is 6.29 Å². The standard InChI is InChI=1S/C7H17N5/c1-3-12(4-2-8-1)7-10-5-9-6-11-7/h7-11H,1-6H2.